The molecule has 0 aliphatic heterocycles. The minimum Gasteiger partial charge on any atom is -0.465 e. The topological polar surface area (TPSA) is 115 Å². The number of esters is 2. The summed E-state index contributed by atoms with van der Waals surface area (Å²) in [6.07, 6.45) is 1.18. The van der Waals surface area contributed by atoms with Gasteiger partial charge in [0.25, 0.3) is 10.0 Å². The van der Waals surface area contributed by atoms with Gasteiger partial charge in [0.05, 0.1) is 36.7 Å². The van der Waals surface area contributed by atoms with Crippen molar-refractivity contribution in [2.75, 3.05) is 28.3 Å². The fourth-order valence-corrected chi connectivity index (χ4v) is 4.71. The number of methoxy groups -OCH3 is 2. The standard InChI is InChI=1S/C18H21N3O6S2/c1-10-14(17(22)26-5)16(15(11(2)20-10)18(23)27-6)12-7-13(28-8-12)29(24,25)19-9-21(3)4/h7-9H,1-6H3. The summed E-state index contributed by atoms with van der Waals surface area (Å²) in [4.78, 5) is 30.6. The lowest BCUT2D eigenvalue weighted by atomic mass is 9.94. The molecule has 0 radical (unpaired) electrons. The van der Waals surface area contributed by atoms with Crippen LogP contribution >= 0.6 is 11.3 Å². The summed E-state index contributed by atoms with van der Waals surface area (Å²) in [5.74, 6) is -1.40. The summed E-state index contributed by atoms with van der Waals surface area (Å²) in [6.45, 7) is 3.21. The first-order valence-electron chi connectivity index (χ1n) is 8.27. The molecular formula is C18H21N3O6S2. The minimum atomic E-state index is -3.94. The number of aryl methyl sites for hydroxylation is 2. The van der Waals surface area contributed by atoms with Crippen molar-refractivity contribution in [1.82, 2.24) is 9.88 Å². The van der Waals surface area contributed by atoms with Crippen LogP contribution in [0.25, 0.3) is 11.1 Å². The van der Waals surface area contributed by atoms with Crippen LogP contribution in [0.2, 0.25) is 0 Å². The van der Waals surface area contributed by atoms with Crippen LogP contribution in [0.1, 0.15) is 32.1 Å². The van der Waals surface area contributed by atoms with Crippen molar-refractivity contribution in [2.24, 2.45) is 4.40 Å². The van der Waals surface area contributed by atoms with E-state index in [2.05, 4.69) is 9.38 Å². The molecule has 2 heterocycles. The van der Waals surface area contributed by atoms with E-state index < -0.39 is 22.0 Å². The maximum Gasteiger partial charge on any atom is 0.340 e. The van der Waals surface area contributed by atoms with E-state index in [-0.39, 0.29) is 20.9 Å². The highest BCUT2D eigenvalue weighted by Gasteiger charge is 2.28. The van der Waals surface area contributed by atoms with Gasteiger partial charge in [-0.05, 0) is 25.5 Å². The number of pyridine rings is 1. The Kier molecular flexibility index (Phi) is 6.75. The third-order valence-electron chi connectivity index (χ3n) is 3.87. The van der Waals surface area contributed by atoms with Gasteiger partial charge < -0.3 is 14.4 Å². The summed E-state index contributed by atoms with van der Waals surface area (Å²) >= 11 is 0.926. The lowest BCUT2D eigenvalue weighted by molar-refractivity contribution is 0.0599. The van der Waals surface area contributed by atoms with Gasteiger partial charge in [0.15, 0.2) is 0 Å². The molecule has 0 spiro atoms. The number of carbonyl (C=O) groups is 2. The van der Waals surface area contributed by atoms with Gasteiger partial charge in [0.1, 0.15) is 10.5 Å². The SMILES string of the molecule is COC(=O)c1c(C)nc(C)c(C(=O)OC)c1-c1csc(S(=O)(=O)N=CN(C)C)c1. The van der Waals surface area contributed by atoms with Gasteiger partial charge in [0, 0.05) is 25.0 Å². The number of carbonyl (C=O) groups excluding carboxylic acids is 2. The highest BCUT2D eigenvalue weighted by Crippen LogP contribution is 2.36. The van der Waals surface area contributed by atoms with Crippen molar-refractivity contribution in [3.05, 3.63) is 34.0 Å². The van der Waals surface area contributed by atoms with Gasteiger partial charge in [-0.25, -0.2) is 9.59 Å². The molecule has 2 aromatic rings. The Bertz CT molecular complexity index is 1050. The van der Waals surface area contributed by atoms with Crippen molar-refractivity contribution in [3.8, 4) is 11.1 Å². The average molecular weight is 440 g/mol. The number of thiophene rings is 1. The average Bonchev–Trinajstić information content (AvgIpc) is 3.15. The molecule has 156 valence electrons. The van der Waals surface area contributed by atoms with Crippen LogP contribution in [-0.2, 0) is 19.5 Å². The molecule has 0 bridgehead atoms. The fourth-order valence-electron chi connectivity index (χ4n) is 2.63. The van der Waals surface area contributed by atoms with Crippen LogP contribution in [0.4, 0.5) is 0 Å². The van der Waals surface area contributed by atoms with E-state index in [1.807, 2.05) is 0 Å². The largest absolute Gasteiger partial charge is 0.465 e. The van der Waals surface area contributed by atoms with Gasteiger partial charge in [-0.1, -0.05) is 0 Å². The van der Waals surface area contributed by atoms with Gasteiger partial charge in [-0.3, -0.25) is 4.98 Å². The quantitative estimate of drug-likeness (QED) is 0.382. The van der Waals surface area contributed by atoms with Crippen LogP contribution < -0.4 is 0 Å². The molecule has 9 nitrogen and oxygen atoms in total. The number of aromatic nitrogens is 1. The zero-order chi connectivity index (χ0) is 21.9. The normalized spacial score (nSPS) is 11.5. The molecule has 2 aromatic heterocycles. The molecule has 0 N–H and O–H groups in total. The maximum absolute atomic E-state index is 12.5. The van der Waals surface area contributed by atoms with Crippen molar-refractivity contribution >= 4 is 39.6 Å². The molecule has 0 unspecified atom stereocenters. The molecule has 0 amide bonds. The van der Waals surface area contributed by atoms with E-state index in [4.69, 9.17) is 9.47 Å². The monoisotopic (exact) mass is 439 g/mol. The van der Waals surface area contributed by atoms with E-state index in [1.165, 1.54) is 36.9 Å². The maximum atomic E-state index is 12.5. The van der Waals surface area contributed by atoms with E-state index in [0.717, 1.165) is 11.3 Å². The smallest absolute Gasteiger partial charge is 0.340 e. The fraction of sp³-hybridized carbons (Fsp3) is 0.333. The first-order valence-corrected chi connectivity index (χ1v) is 10.6. The summed E-state index contributed by atoms with van der Waals surface area (Å²) in [7, 11) is 1.77. The van der Waals surface area contributed by atoms with Crippen molar-refractivity contribution in [1.29, 1.82) is 0 Å². The Hall–Kier alpha value is -2.79. The molecule has 2 rings (SSSR count). The first-order chi connectivity index (χ1) is 13.5. The van der Waals surface area contributed by atoms with Crippen LogP contribution in [0.3, 0.4) is 0 Å². The predicted octanol–water partition coefficient (Wildman–Crippen LogP) is 2.28. The van der Waals surface area contributed by atoms with Gasteiger partial charge in [-0.15, -0.1) is 15.7 Å². The predicted molar refractivity (Wildman–Crippen MR) is 109 cm³/mol. The van der Waals surface area contributed by atoms with Gasteiger partial charge in [-0.2, -0.15) is 8.42 Å². The molecule has 11 heteroatoms. The molecule has 0 aliphatic rings. The number of ether oxygens (including phenoxy) is 2. The van der Waals surface area contributed by atoms with Crippen LogP contribution in [0, 0.1) is 13.8 Å². The molecular weight excluding hydrogens is 418 g/mol. The van der Waals surface area contributed by atoms with Gasteiger partial charge >= 0.3 is 11.9 Å². The first kappa shape index (κ1) is 22.5. The van der Waals surface area contributed by atoms with Crippen molar-refractivity contribution in [2.45, 2.75) is 18.1 Å². The third-order valence-corrected chi connectivity index (χ3v) is 6.51. The second-order valence-corrected chi connectivity index (χ2v) is 8.98. The zero-order valence-corrected chi connectivity index (χ0v) is 18.5. The van der Waals surface area contributed by atoms with Crippen LogP contribution in [0.15, 0.2) is 20.1 Å². The van der Waals surface area contributed by atoms with Crippen molar-refractivity contribution in [3.63, 3.8) is 0 Å². The zero-order valence-electron chi connectivity index (χ0n) is 16.8. The summed E-state index contributed by atoms with van der Waals surface area (Å²) < 4.78 is 38.2. The van der Waals surface area contributed by atoms with Crippen molar-refractivity contribution < 1.29 is 27.5 Å². The minimum absolute atomic E-state index is 0.0376. The number of sulfonamides is 1. The second kappa shape index (κ2) is 8.70. The van der Waals surface area contributed by atoms with E-state index in [9.17, 15) is 18.0 Å². The molecule has 0 atom stereocenters. The van der Waals surface area contributed by atoms with Gasteiger partial charge in [0.2, 0.25) is 0 Å². The Morgan fingerprint density at radius 1 is 1.10 bits per heavy atom. The number of hydrogen-bond donors (Lipinski definition) is 0. The molecule has 0 saturated heterocycles. The Balaban J connectivity index is 2.79. The second-order valence-electron chi connectivity index (χ2n) is 6.20. The van der Waals surface area contributed by atoms with E-state index >= 15 is 0 Å². The molecule has 0 aromatic carbocycles. The van der Waals surface area contributed by atoms with E-state index in [0.29, 0.717) is 17.0 Å². The number of rotatable bonds is 6. The Morgan fingerprint density at radius 2 is 1.62 bits per heavy atom. The van der Waals surface area contributed by atoms with Crippen LogP contribution in [-0.4, -0.2) is 64.9 Å². The lowest BCUT2D eigenvalue weighted by Gasteiger charge is -2.15. The Morgan fingerprint density at radius 3 is 2.07 bits per heavy atom. The summed E-state index contributed by atoms with van der Waals surface area (Å²) in [6, 6.07) is 1.36. The molecule has 0 aliphatic carbocycles. The molecule has 0 saturated carbocycles. The van der Waals surface area contributed by atoms with E-state index in [1.54, 1.807) is 27.9 Å². The molecule has 29 heavy (non-hydrogen) atoms. The highest BCUT2D eigenvalue weighted by molar-refractivity contribution is 7.92. The third kappa shape index (κ3) is 4.62. The molecule has 0 fully saturated rings. The number of nitrogens with zero attached hydrogens (tertiary/aromatic N) is 3. The van der Waals surface area contributed by atoms with Crippen LogP contribution in [0.5, 0.6) is 0 Å². The summed E-state index contributed by atoms with van der Waals surface area (Å²) in [5, 5.41) is 1.53. The number of hydrogen-bond acceptors (Lipinski definition) is 8. The summed E-state index contributed by atoms with van der Waals surface area (Å²) in [5.41, 5.74) is 1.39. The Labute approximate surface area is 173 Å². The lowest BCUT2D eigenvalue weighted by Crippen LogP contribution is -2.15. The highest BCUT2D eigenvalue weighted by atomic mass is 32.2.